The number of nitrogens with zero attached hydrogens (tertiary/aromatic N) is 3. The van der Waals surface area contributed by atoms with Crippen molar-refractivity contribution in [3.8, 4) is 0 Å². The molecule has 0 bridgehead atoms. The van der Waals surface area contributed by atoms with Gasteiger partial charge in [0.15, 0.2) is 5.69 Å². The third kappa shape index (κ3) is 3.31. The summed E-state index contributed by atoms with van der Waals surface area (Å²) in [6, 6.07) is 2.41. The minimum absolute atomic E-state index is 0.0885. The second-order valence-electron chi connectivity index (χ2n) is 8.36. The van der Waals surface area contributed by atoms with Gasteiger partial charge in [-0.1, -0.05) is 19.3 Å². The van der Waals surface area contributed by atoms with E-state index in [2.05, 4.69) is 30.8 Å². The van der Waals surface area contributed by atoms with Crippen LogP contribution < -0.4 is 0 Å². The molecule has 1 amide bonds. The number of hydrogen-bond acceptors (Lipinski definition) is 2. The summed E-state index contributed by atoms with van der Waals surface area (Å²) >= 11 is 0. The Labute approximate surface area is 140 Å². The maximum atomic E-state index is 13.1. The van der Waals surface area contributed by atoms with Crippen molar-refractivity contribution in [3.05, 3.63) is 17.5 Å². The molecule has 23 heavy (non-hydrogen) atoms. The van der Waals surface area contributed by atoms with Gasteiger partial charge in [-0.25, -0.2) is 0 Å². The van der Waals surface area contributed by atoms with E-state index in [0.717, 1.165) is 18.7 Å². The minimum Gasteiger partial charge on any atom is -0.334 e. The van der Waals surface area contributed by atoms with E-state index in [1.807, 2.05) is 17.7 Å². The van der Waals surface area contributed by atoms with Crippen molar-refractivity contribution in [1.29, 1.82) is 0 Å². The minimum atomic E-state index is -0.0885. The van der Waals surface area contributed by atoms with Gasteiger partial charge in [-0.15, -0.1) is 0 Å². The molecule has 2 aliphatic rings. The van der Waals surface area contributed by atoms with E-state index >= 15 is 0 Å². The number of carbonyl (C=O) groups is 1. The van der Waals surface area contributed by atoms with Gasteiger partial charge in [0.05, 0.1) is 5.54 Å². The van der Waals surface area contributed by atoms with Crippen molar-refractivity contribution in [2.45, 2.75) is 84.2 Å². The van der Waals surface area contributed by atoms with E-state index < -0.39 is 0 Å². The lowest BCUT2D eigenvalue weighted by Gasteiger charge is -2.38. The monoisotopic (exact) mass is 317 g/mol. The van der Waals surface area contributed by atoms with E-state index in [4.69, 9.17) is 0 Å². The van der Waals surface area contributed by atoms with Gasteiger partial charge in [0, 0.05) is 18.3 Å². The first-order chi connectivity index (χ1) is 10.9. The van der Waals surface area contributed by atoms with Crippen molar-refractivity contribution < 1.29 is 4.79 Å². The number of rotatable bonds is 1. The van der Waals surface area contributed by atoms with Crippen LogP contribution in [0.4, 0.5) is 0 Å². The smallest absolute Gasteiger partial charge is 0.274 e. The first-order valence-electron chi connectivity index (χ1n) is 9.26. The predicted octanol–water partition coefficient (Wildman–Crippen LogP) is 4.13. The lowest BCUT2D eigenvalue weighted by atomic mass is 9.81. The lowest BCUT2D eigenvalue weighted by molar-refractivity contribution is 0.0561. The molecular formula is C19H31N3O. The van der Waals surface area contributed by atoms with Crippen molar-refractivity contribution in [2.75, 3.05) is 6.54 Å². The second-order valence-corrected chi connectivity index (χ2v) is 8.36. The van der Waals surface area contributed by atoms with Crippen LogP contribution in [-0.4, -0.2) is 33.2 Å². The van der Waals surface area contributed by atoms with Crippen LogP contribution in [0.25, 0.3) is 0 Å². The molecule has 2 fully saturated rings. The van der Waals surface area contributed by atoms with Gasteiger partial charge in [-0.2, -0.15) is 5.10 Å². The summed E-state index contributed by atoms with van der Waals surface area (Å²) in [5, 5.41) is 4.65. The number of fused-ring (bicyclic) bond motifs is 1. The highest BCUT2D eigenvalue weighted by Gasteiger charge is 2.35. The van der Waals surface area contributed by atoms with E-state index in [9.17, 15) is 4.79 Å². The topological polar surface area (TPSA) is 38.1 Å². The molecule has 1 saturated carbocycles. The summed E-state index contributed by atoms with van der Waals surface area (Å²) in [5.74, 6) is 0.857. The summed E-state index contributed by atoms with van der Waals surface area (Å²) in [5.41, 5.74) is 1.61. The summed E-state index contributed by atoms with van der Waals surface area (Å²) in [6.45, 7) is 9.33. The quantitative estimate of drug-likeness (QED) is 0.781. The predicted molar refractivity (Wildman–Crippen MR) is 92.6 cm³/mol. The molecule has 3 rings (SSSR count). The second kappa shape index (κ2) is 6.29. The Morgan fingerprint density at radius 1 is 1.13 bits per heavy atom. The fourth-order valence-corrected chi connectivity index (χ4v) is 4.45. The van der Waals surface area contributed by atoms with Gasteiger partial charge in [0.25, 0.3) is 5.91 Å². The molecule has 4 nitrogen and oxygen atoms in total. The summed E-state index contributed by atoms with van der Waals surface area (Å²) in [4.78, 5) is 15.3. The van der Waals surface area contributed by atoms with Crippen LogP contribution >= 0.6 is 0 Å². The molecule has 1 aliphatic heterocycles. The Kier molecular flexibility index (Phi) is 4.52. The van der Waals surface area contributed by atoms with Crippen LogP contribution in [0, 0.1) is 12.8 Å². The number of hydrogen-bond donors (Lipinski definition) is 0. The first kappa shape index (κ1) is 16.5. The van der Waals surface area contributed by atoms with Crippen LogP contribution in [0.15, 0.2) is 6.07 Å². The zero-order chi connectivity index (χ0) is 16.6. The molecule has 1 aromatic rings. The molecule has 0 radical (unpaired) electrons. The zero-order valence-corrected chi connectivity index (χ0v) is 15.1. The SMILES string of the molecule is Cc1cc(C(=O)N2CCCC[C@H]3CCCC[C@H]32)nn1C(C)(C)C. The molecule has 1 aliphatic carbocycles. The molecule has 4 heteroatoms. The summed E-state index contributed by atoms with van der Waals surface area (Å²) < 4.78 is 1.98. The van der Waals surface area contributed by atoms with Crippen LogP contribution in [0.3, 0.4) is 0 Å². The van der Waals surface area contributed by atoms with E-state index in [-0.39, 0.29) is 11.4 Å². The maximum Gasteiger partial charge on any atom is 0.274 e. The lowest BCUT2D eigenvalue weighted by Crippen LogP contribution is -2.45. The van der Waals surface area contributed by atoms with Gasteiger partial charge in [0.1, 0.15) is 0 Å². The third-order valence-electron chi connectivity index (χ3n) is 5.50. The molecule has 0 spiro atoms. The third-order valence-corrected chi connectivity index (χ3v) is 5.50. The first-order valence-corrected chi connectivity index (χ1v) is 9.26. The maximum absolute atomic E-state index is 13.1. The Morgan fingerprint density at radius 3 is 2.43 bits per heavy atom. The van der Waals surface area contributed by atoms with Crippen LogP contribution in [0.5, 0.6) is 0 Å². The zero-order valence-electron chi connectivity index (χ0n) is 15.1. The highest BCUT2D eigenvalue weighted by atomic mass is 16.2. The number of aromatic nitrogens is 2. The van der Waals surface area contributed by atoms with Crippen molar-refractivity contribution in [1.82, 2.24) is 14.7 Å². The highest BCUT2D eigenvalue weighted by molar-refractivity contribution is 5.92. The van der Waals surface area contributed by atoms with E-state index in [0.29, 0.717) is 17.7 Å². The van der Waals surface area contributed by atoms with E-state index in [1.165, 1.54) is 38.5 Å². The number of likely N-dealkylation sites (tertiary alicyclic amines) is 1. The Morgan fingerprint density at radius 2 is 1.78 bits per heavy atom. The Hall–Kier alpha value is -1.32. The van der Waals surface area contributed by atoms with Crippen LogP contribution in [-0.2, 0) is 5.54 Å². The molecule has 2 atom stereocenters. The van der Waals surface area contributed by atoms with Crippen LogP contribution in [0.1, 0.15) is 81.9 Å². The summed E-state index contributed by atoms with van der Waals surface area (Å²) in [7, 11) is 0. The van der Waals surface area contributed by atoms with E-state index in [1.54, 1.807) is 0 Å². The normalized spacial score (nSPS) is 25.8. The molecule has 1 saturated heterocycles. The van der Waals surface area contributed by atoms with Crippen LogP contribution in [0.2, 0.25) is 0 Å². The van der Waals surface area contributed by atoms with Gasteiger partial charge >= 0.3 is 0 Å². The van der Waals surface area contributed by atoms with Gasteiger partial charge < -0.3 is 4.90 Å². The van der Waals surface area contributed by atoms with Gasteiger partial charge in [0.2, 0.25) is 0 Å². The average molecular weight is 317 g/mol. The number of aryl methyl sites for hydroxylation is 1. The number of amides is 1. The molecule has 2 heterocycles. The van der Waals surface area contributed by atoms with Gasteiger partial charge in [-0.3, -0.25) is 9.48 Å². The van der Waals surface area contributed by atoms with Gasteiger partial charge in [-0.05, 0) is 65.4 Å². The molecular weight excluding hydrogens is 286 g/mol. The summed E-state index contributed by atoms with van der Waals surface area (Å²) in [6.07, 6.45) is 8.77. The van der Waals surface area contributed by atoms with Crippen molar-refractivity contribution in [3.63, 3.8) is 0 Å². The highest BCUT2D eigenvalue weighted by Crippen LogP contribution is 2.35. The Bertz CT molecular complexity index is 570. The fourth-order valence-electron chi connectivity index (χ4n) is 4.45. The standard InChI is InChI=1S/C19H31N3O/c1-14-13-16(20-22(14)19(2,3)4)18(23)21-12-8-7-10-15-9-5-6-11-17(15)21/h13,15,17H,5-12H2,1-4H3/t15-,17-/m1/s1. The largest absolute Gasteiger partial charge is 0.334 e. The molecule has 0 N–H and O–H groups in total. The molecule has 0 unspecified atom stereocenters. The average Bonchev–Trinajstić information content (AvgIpc) is 2.77. The molecule has 0 aromatic carbocycles. The Balaban J connectivity index is 1.86. The van der Waals surface area contributed by atoms with Crippen molar-refractivity contribution >= 4 is 5.91 Å². The van der Waals surface area contributed by atoms with Crippen molar-refractivity contribution in [2.24, 2.45) is 5.92 Å². The fraction of sp³-hybridized carbons (Fsp3) is 0.789. The number of carbonyl (C=O) groups excluding carboxylic acids is 1. The molecule has 128 valence electrons. The molecule has 1 aromatic heterocycles.